The summed E-state index contributed by atoms with van der Waals surface area (Å²) < 4.78 is 10.1. The number of hydrogen-bond acceptors (Lipinski definition) is 4. The van der Waals surface area contributed by atoms with Gasteiger partial charge in [-0.2, -0.15) is 0 Å². The van der Waals surface area contributed by atoms with E-state index in [9.17, 15) is 9.59 Å². The SMILES string of the molecule is O=C(COC(=O)[C@@H]1CCCO1)NCc1ccc(Cl)cc1Cl. The number of hydrogen-bond donors (Lipinski definition) is 1. The van der Waals surface area contributed by atoms with Crippen LogP contribution >= 0.6 is 23.2 Å². The highest BCUT2D eigenvalue weighted by Gasteiger charge is 2.25. The number of benzene rings is 1. The summed E-state index contributed by atoms with van der Waals surface area (Å²) in [7, 11) is 0. The van der Waals surface area contributed by atoms with Gasteiger partial charge in [0.1, 0.15) is 0 Å². The highest BCUT2D eigenvalue weighted by atomic mass is 35.5. The van der Waals surface area contributed by atoms with E-state index in [4.69, 9.17) is 32.7 Å². The summed E-state index contributed by atoms with van der Waals surface area (Å²) >= 11 is 11.8. The van der Waals surface area contributed by atoms with Crippen LogP contribution in [0.1, 0.15) is 18.4 Å². The van der Waals surface area contributed by atoms with Gasteiger partial charge in [-0.1, -0.05) is 29.3 Å². The number of nitrogens with one attached hydrogen (secondary N) is 1. The van der Waals surface area contributed by atoms with Gasteiger partial charge in [-0.15, -0.1) is 0 Å². The van der Waals surface area contributed by atoms with Crippen LogP contribution in [-0.2, 0) is 25.6 Å². The van der Waals surface area contributed by atoms with Gasteiger partial charge in [0.2, 0.25) is 0 Å². The molecule has 7 heteroatoms. The van der Waals surface area contributed by atoms with Crippen molar-refractivity contribution in [2.45, 2.75) is 25.5 Å². The Hall–Kier alpha value is -1.30. The fourth-order valence-corrected chi connectivity index (χ4v) is 2.38. The first-order chi connectivity index (χ1) is 10.1. The number of halogens is 2. The van der Waals surface area contributed by atoms with Crippen molar-refractivity contribution >= 4 is 35.1 Å². The molecule has 2 rings (SSSR count). The van der Waals surface area contributed by atoms with Gasteiger partial charge in [-0.05, 0) is 30.5 Å². The van der Waals surface area contributed by atoms with Crippen molar-refractivity contribution in [3.8, 4) is 0 Å². The van der Waals surface area contributed by atoms with E-state index in [-0.39, 0.29) is 13.2 Å². The summed E-state index contributed by atoms with van der Waals surface area (Å²) in [6.07, 6.45) is 0.936. The number of carbonyl (C=O) groups excluding carboxylic acids is 2. The fraction of sp³-hybridized carbons (Fsp3) is 0.429. The zero-order valence-electron chi connectivity index (χ0n) is 11.2. The first kappa shape index (κ1) is 16.1. The predicted molar refractivity (Wildman–Crippen MR) is 78.2 cm³/mol. The van der Waals surface area contributed by atoms with E-state index in [1.165, 1.54) is 0 Å². The zero-order chi connectivity index (χ0) is 15.2. The minimum Gasteiger partial charge on any atom is -0.454 e. The molecule has 1 aromatic carbocycles. The molecule has 5 nitrogen and oxygen atoms in total. The van der Waals surface area contributed by atoms with Crippen molar-refractivity contribution in [2.24, 2.45) is 0 Å². The normalized spacial score (nSPS) is 17.5. The number of esters is 1. The molecule has 1 amide bonds. The molecule has 1 aromatic rings. The Labute approximate surface area is 132 Å². The first-order valence-corrected chi connectivity index (χ1v) is 7.30. The predicted octanol–water partition coefficient (Wildman–Crippen LogP) is 2.33. The molecule has 0 aromatic heterocycles. The second-order valence-corrected chi connectivity index (χ2v) is 5.47. The van der Waals surface area contributed by atoms with Crippen LogP contribution in [0.25, 0.3) is 0 Å². The smallest absolute Gasteiger partial charge is 0.335 e. The first-order valence-electron chi connectivity index (χ1n) is 6.55. The Bertz CT molecular complexity index is 530. The molecule has 0 unspecified atom stereocenters. The van der Waals surface area contributed by atoms with Crippen LogP contribution in [0.2, 0.25) is 10.0 Å². The number of rotatable bonds is 5. The lowest BCUT2D eigenvalue weighted by molar-refractivity contribution is -0.157. The lowest BCUT2D eigenvalue weighted by Crippen LogP contribution is -2.31. The minimum absolute atomic E-state index is 0.242. The molecular formula is C14H15Cl2NO4. The Balaban J connectivity index is 1.73. The quantitative estimate of drug-likeness (QED) is 0.841. The van der Waals surface area contributed by atoms with Crippen LogP contribution in [-0.4, -0.2) is 31.2 Å². The molecule has 1 atom stereocenters. The van der Waals surface area contributed by atoms with E-state index in [1.807, 2.05) is 0 Å². The van der Waals surface area contributed by atoms with Crippen molar-refractivity contribution in [3.05, 3.63) is 33.8 Å². The van der Waals surface area contributed by atoms with E-state index < -0.39 is 18.0 Å². The van der Waals surface area contributed by atoms with Crippen molar-refractivity contribution in [2.75, 3.05) is 13.2 Å². The summed E-state index contributed by atoms with van der Waals surface area (Å²) in [5.74, 6) is -0.889. The van der Waals surface area contributed by atoms with E-state index in [0.717, 1.165) is 12.0 Å². The van der Waals surface area contributed by atoms with Crippen molar-refractivity contribution < 1.29 is 19.1 Å². The monoisotopic (exact) mass is 331 g/mol. The van der Waals surface area contributed by atoms with Gasteiger partial charge in [0.05, 0.1) is 0 Å². The molecule has 0 aliphatic carbocycles. The minimum atomic E-state index is -0.538. The molecule has 0 bridgehead atoms. The standard InChI is InChI=1S/C14H15Cl2NO4/c15-10-4-3-9(11(16)6-10)7-17-13(18)8-21-14(19)12-2-1-5-20-12/h3-4,6,12H,1-2,5,7-8H2,(H,17,18)/t12-/m0/s1. The Morgan fingerprint density at radius 2 is 2.19 bits per heavy atom. The topological polar surface area (TPSA) is 64.6 Å². The molecule has 0 saturated carbocycles. The van der Waals surface area contributed by atoms with Crippen LogP contribution in [0, 0.1) is 0 Å². The van der Waals surface area contributed by atoms with Gasteiger partial charge in [0, 0.05) is 23.2 Å². The lowest BCUT2D eigenvalue weighted by atomic mass is 10.2. The van der Waals surface area contributed by atoms with E-state index >= 15 is 0 Å². The summed E-state index contributed by atoms with van der Waals surface area (Å²) in [4.78, 5) is 23.2. The van der Waals surface area contributed by atoms with Crippen LogP contribution in [0.4, 0.5) is 0 Å². The number of carbonyl (C=O) groups is 2. The maximum absolute atomic E-state index is 11.6. The van der Waals surface area contributed by atoms with Crippen molar-refractivity contribution in [1.82, 2.24) is 5.32 Å². The van der Waals surface area contributed by atoms with Crippen LogP contribution < -0.4 is 5.32 Å². The Kier molecular flexibility index (Phi) is 5.85. The summed E-state index contributed by atoms with van der Waals surface area (Å²) in [5, 5.41) is 3.62. The molecule has 1 fully saturated rings. The van der Waals surface area contributed by atoms with E-state index in [1.54, 1.807) is 18.2 Å². The van der Waals surface area contributed by atoms with Crippen LogP contribution in [0.5, 0.6) is 0 Å². The fourth-order valence-electron chi connectivity index (χ4n) is 1.90. The third kappa shape index (κ3) is 4.88. The number of amides is 1. The molecule has 114 valence electrons. The Morgan fingerprint density at radius 3 is 2.86 bits per heavy atom. The van der Waals surface area contributed by atoms with Crippen molar-refractivity contribution in [3.63, 3.8) is 0 Å². The second kappa shape index (κ2) is 7.64. The van der Waals surface area contributed by atoms with Crippen LogP contribution in [0.3, 0.4) is 0 Å². The summed E-state index contributed by atoms with van der Waals surface area (Å²) in [6.45, 7) is 0.469. The van der Waals surface area contributed by atoms with Crippen LogP contribution in [0.15, 0.2) is 18.2 Å². The molecule has 0 radical (unpaired) electrons. The molecule has 1 N–H and O–H groups in total. The molecule has 0 spiro atoms. The third-order valence-corrected chi connectivity index (χ3v) is 3.62. The van der Waals surface area contributed by atoms with E-state index in [0.29, 0.717) is 23.1 Å². The maximum atomic E-state index is 11.6. The third-order valence-electron chi connectivity index (χ3n) is 3.03. The van der Waals surface area contributed by atoms with Gasteiger partial charge in [-0.3, -0.25) is 4.79 Å². The van der Waals surface area contributed by atoms with Gasteiger partial charge < -0.3 is 14.8 Å². The molecular weight excluding hydrogens is 317 g/mol. The Morgan fingerprint density at radius 1 is 1.38 bits per heavy atom. The van der Waals surface area contributed by atoms with Gasteiger partial charge in [0.15, 0.2) is 12.7 Å². The second-order valence-electron chi connectivity index (χ2n) is 4.62. The van der Waals surface area contributed by atoms with Gasteiger partial charge in [0.25, 0.3) is 5.91 Å². The molecule has 1 aliphatic rings. The highest BCUT2D eigenvalue weighted by molar-refractivity contribution is 6.35. The zero-order valence-corrected chi connectivity index (χ0v) is 12.7. The largest absolute Gasteiger partial charge is 0.454 e. The lowest BCUT2D eigenvalue weighted by Gasteiger charge is -2.10. The van der Waals surface area contributed by atoms with Gasteiger partial charge in [-0.25, -0.2) is 4.79 Å². The maximum Gasteiger partial charge on any atom is 0.335 e. The molecule has 21 heavy (non-hydrogen) atoms. The van der Waals surface area contributed by atoms with E-state index in [2.05, 4.69) is 5.32 Å². The summed E-state index contributed by atoms with van der Waals surface area (Å²) in [5.41, 5.74) is 0.736. The molecule has 1 heterocycles. The molecule has 1 aliphatic heterocycles. The summed E-state index contributed by atoms with van der Waals surface area (Å²) in [6, 6.07) is 5.01. The highest BCUT2D eigenvalue weighted by Crippen LogP contribution is 2.20. The molecule has 1 saturated heterocycles. The average Bonchev–Trinajstić information content (AvgIpc) is 2.98. The average molecular weight is 332 g/mol. The van der Waals surface area contributed by atoms with Crippen molar-refractivity contribution in [1.29, 1.82) is 0 Å². The van der Waals surface area contributed by atoms with Gasteiger partial charge >= 0.3 is 5.97 Å². The number of ether oxygens (including phenoxy) is 2.